The van der Waals surface area contributed by atoms with Crippen LogP contribution in [0.5, 0.6) is 0 Å². The van der Waals surface area contributed by atoms with E-state index in [1.807, 2.05) is 29.2 Å². The first-order valence-corrected chi connectivity index (χ1v) is 10.0. The van der Waals surface area contributed by atoms with Crippen molar-refractivity contribution in [1.29, 1.82) is 0 Å². The van der Waals surface area contributed by atoms with E-state index in [0.29, 0.717) is 31.1 Å². The molecule has 26 heavy (non-hydrogen) atoms. The van der Waals surface area contributed by atoms with Crippen LogP contribution in [0.3, 0.4) is 0 Å². The molecule has 2 aliphatic heterocycles. The van der Waals surface area contributed by atoms with Gasteiger partial charge in [-0.05, 0) is 56.8 Å². The predicted molar refractivity (Wildman–Crippen MR) is 103 cm³/mol. The van der Waals surface area contributed by atoms with Gasteiger partial charge < -0.3 is 15.1 Å². The average Bonchev–Trinajstić information content (AvgIpc) is 3.05. The summed E-state index contributed by atoms with van der Waals surface area (Å²) < 4.78 is 0. The highest BCUT2D eigenvalue weighted by atomic mass is 16.2. The first-order valence-electron chi connectivity index (χ1n) is 10.0. The summed E-state index contributed by atoms with van der Waals surface area (Å²) in [6, 6.07) is 8.31. The number of hydrogen-bond acceptors (Lipinski definition) is 3. The van der Waals surface area contributed by atoms with E-state index in [1.165, 1.54) is 25.8 Å². The molecule has 0 aliphatic carbocycles. The van der Waals surface area contributed by atoms with Gasteiger partial charge in [0.25, 0.3) is 5.91 Å². The summed E-state index contributed by atoms with van der Waals surface area (Å²) in [6.45, 7) is 6.67. The van der Waals surface area contributed by atoms with E-state index in [4.69, 9.17) is 0 Å². The lowest BCUT2D eigenvalue weighted by Gasteiger charge is -2.33. The Balaban J connectivity index is 1.44. The predicted octanol–water partition coefficient (Wildman–Crippen LogP) is 2.80. The SMILES string of the molecule is C[C@@H]1CCCCN1CCCNC(=O)c1cccc(CN2CCCC2=O)c1. The third-order valence-corrected chi connectivity index (χ3v) is 5.58. The van der Waals surface area contributed by atoms with Crippen LogP contribution in [-0.2, 0) is 11.3 Å². The van der Waals surface area contributed by atoms with Crippen LogP contribution in [0.4, 0.5) is 0 Å². The maximum atomic E-state index is 12.4. The Bertz CT molecular complexity index is 631. The zero-order valence-corrected chi connectivity index (χ0v) is 15.9. The van der Waals surface area contributed by atoms with Gasteiger partial charge in [0, 0.05) is 44.2 Å². The Morgan fingerprint density at radius 2 is 2.12 bits per heavy atom. The van der Waals surface area contributed by atoms with Crippen molar-refractivity contribution in [2.75, 3.05) is 26.2 Å². The molecule has 2 aliphatic rings. The molecule has 0 saturated carbocycles. The molecular weight excluding hydrogens is 326 g/mol. The summed E-state index contributed by atoms with van der Waals surface area (Å²) in [5.41, 5.74) is 1.70. The maximum Gasteiger partial charge on any atom is 0.251 e. The number of hydrogen-bond donors (Lipinski definition) is 1. The summed E-state index contributed by atoms with van der Waals surface area (Å²) in [4.78, 5) is 28.6. The van der Waals surface area contributed by atoms with Crippen molar-refractivity contribution in [1.82, 2.24) is 15.1 Å². The molecule has 0 aromatic heterocycles. The van der Waals surface area contributed by atoms with E-state index < -0.39 is 0 Å². The minimum atomic E-state index is -0.0220. The van der Waals surface area contributed by atoms with Gasteiger partial charge in [0.15, 0.2) is 0 Å². The van der Waals surface area contributed by atoms with Crippen LogP contribution in [0, 0.1) is 0 Å². The number of carbonyl (C=O) groups is 2. The molecule has 2 heterocycles. The van der Waals surface area contributed by atoms with Gasteiger partial charge in [-0.25, -0.2) is 0 Å². The standard InChI is InChI=1S/C21H31N3O2/c1-17-7-2-3-12-23(17)14-6-11-22-21(26)19-9-4-8-18(15-19)16-24-13-5-10-20(24)25/h4,8-9,15,17H,2-3,5-7,10-14,16H2,1H3,(H,22,26)/t17-/m1/s1. The Labute approximate surface area is 156 Å². The van der Waals surface area contributed by atoms with Gasteiger partial charge in [-0.2, -0.15) is 0 Å². The lowest BCUT2D eigenvalue weighted by molar-refractivity contribution is -0.128. The molecule has 1 atom stereocenters. The van der Waals surface area contributed by atoms with Gasteiger partial charge >= 0.3 is 0 Å². The molecule has 5 nitrogen and oxygen atoms in total. The third-order valence-electron chi connectivity index (χ3n) is 5.58. The van der Waals surface area contributed by atoms with Crippen LogP contribution in [0.1, 0.15) is 61.4 Å². The van der Waals surface area contributed by atoms with Gasteiger partial charge in [-0.1, -0.05) is 18.6 Å². The second kappa shape index (κ2) is 9.17. The fraction of sp³-hybridized carbons (Fsp3) is 0.619. The Morgan fingerprint density at radius 3 is 2.88 bits per heavy atom. The number of nitrogens with zero attached hydrogens (tertiary/aromatic N) is 2. The number of amides is 2. The van der Waals surface area contributed by atoms with Crippen molar-refractivity contribution in [3.8, 4) is 0 Å². The Hall–Kier alpha value is -1.88. The smallest absolute Gasteiger partial charge is 0.251 e. The van der Waals surface area contributed by atoms with Gasteiger partial charge in [-0.15, -0.1) is 0 Å². The van der Waals surface area contributed by atoms with Crippen molar-refractivity contribution in [3.05, 3.63) is 35.4 Å². The van der Waals surface area contributed by atoms with Gasteiger partial charge in [0.1, 0.15) is 0 Å². The van der Waals surface area contributed by atoms with E-state index >= 15 is 0 Å². The number of carbonyl (C=O) groups excluding carboxylic acids is 2. The van der Waals surface area contributed by atoms with E-state index in [-0.39, 0.29) is 11.8 Å². The van der Waals surface area contributed by atoms with Crippen LogP contribution in [0.25, 0.3) is 0 Å². The molecule has 1 N–H and O–H groups in total. The number of nitrogens with one attached hydrogen (secondary N) is 1. The number of piperidine rings is 1. The fourth-order valence-electron chi connectivity index (χ4n) is 3.98. The van der Waals surface area contributed by atoms with E-state index in [0.717, 1.165) is 31.5 Å². The molecule has 1 aromatic rings. The zero-order valence-electron chi connectivity index (χ0n) is 15.9. The molecule has 3 rings (SSSR count). The largest absolute Gasteiger partial charge is 0.352 e. The van der Waals surface area contributed by atoms with Gasteiger partial charge in [-0.3, -0.25) is 9.59 Å². The lowest BCUT2D eigenvalue weighted by Crippen LogP contribution is -2.39. The zero-order chi connectivity index (χ0) is 18.4. The van der Waals surface area contributed by atoms with E-state index in [1.54, 1.807) is 0 Å². The molecule has 0 bridgehead atoms. The van der Waals surface area contributed by atoms with Crippen molar-refractivity contribution < 1.29 is 9.59 Å². The highest BCUT2D eigenvalue weighted by Gasteiger charge is 2.20. The number of benzene rings is 1. The number of likely N-dealkylation sites (tertiary alicyclic amines) is 2. The average molecular weight is 357 g/mol. The maximum absolute atomic E-state index is 12.4. The second-order valence-electron chi connectivity index (χ2n) is 7.61. The third kappa shape index (κ3) is 5.07. The highest BCUT2D eigenvalue weighted by molar-refractivity contribution is 5.94. The van der Waals surface area contributed by atoms with Crippen LogP contribution >= 0.6 is 0 Å². The molecule has 2 amide bonds. The van der Waals surface area contributed by atoms with Crippen LogP contribution in [-0.4, -0.2) is 53.8 Å². The highest BCUT2D eigenvalue weighted by Crippen LogP contribution is 2.17. The van der Waals surface area contributed by atoms with Crippen molar-refractivity contribution in [2.24, 2.45) is 0 Å². The summed E-state index contributed by atoms with van der Waals surface area (Å²) >= 11 is 0. The van der Waals surface area contributed by atoms with Crippen LogP contribution < -0.4 is 5.32 Å². The van der Waals surface area contributed by atoms with E-state index in [9.17, 15) is 9.59 Å². The number of rotatable bonds is 7. The normalized spacial score (nSPS) is 21.2. The van der Waals surface area contributed by atoms with E-state index in [2.05, 4.69) is 17.1 Å². The molecule has 2 saturated heterocycles. The quantitative estimate of drug-likeness (QED) is 0.764. The molecular formula is C21H31N3O2. The summed E-state index contributed by atoms with van der Waals surface area (Å²) in [6.07, 6.45) is 6.50. The molecule has 2 fully saturated rings. The minimum Gasteiger partial charge on any atom is -0.352 e. The topological polar surface area (TPSA) is 52.7 Å². The Morgan fingerprint density at radius 1 is 1.23 bits per heavy atom. The lowest BCUT2D eigenvalue weighted by atomic mass is 10.0. The molecule has 0 unspecified atom stereocenters. The van der Waals surface area contributed by atoms with Crippen molar-refractivity contribution in [3.63, 3.8) is 0 Å². The fourth-order valence-corrected chi connectivity index (χ4v) is 3.98. The first-order chi connectivity index (χ1) is 12.6. The van der Waals surface area contributed by atoms with Gasteiger partial charge in [0.05, 0.1) is 0 Å². The second-order valence-corrected chi connectivity index (χ2v) is 7.61. The monoisotopic (exact) mass is 357 g/mol. The molecule has 1 aromatic carbocycles. The summed E-state index contributed by atoms with van der Waals surface area (Å²) in [5.74, 6) is 0.193. The molecule has 5 heteroatoms. The van der Waals surface area contributed by atoms with Crippen molar-refractivity contribution >= 4 is 11.8 Å². The molecule has 142 valence electrons. The minimum absolute atomic E-state index is 0.0220. The first kappa shape index (κ1) is 18.9. The summed E-state index contributed by atoms with van der Waals surface area (Å²) in [5, 5.41) is 3.04. The van der Waals surface area contributed by atoms with Crippen LogP contribution in [0.2, 0.25) is 0 Å². The summed E-state index contributed by atoms with van der Waals surface area (Å²) in [7, 11) is 0. The van der Waals surface area contributed by atoms with Crippen molar-refractivity contribution in [2.45, 2.75) is 58.0 Å². The van der Waals surface area contributed by atoms with Crippen LogP contribution in [0.15, 0.2) is 24.3 Å². The molecule has 0 spiro atoms. The Kier molecular flexibility index (Phi) is 6.67. The molecule has 0 radical (unpaired) electrons. The van der Waals surface area contributed by atoms with Gasteiger partial charge in [0.2, 0.25) is 5.91 Å².